The van der Waals surface area contributed by atoms with Gasteiger partial charge in [0.15, 0.2) is 0 Å². The highest BCUT2D eigenvalue weighted by Crippen LogP contribution is 2.26. The topological polar surface area (TPSA) is 21.3 Å². The van der Waals surface area contributed by atoms with E-state index in [9.17, 15) is 0 Å². The largest absolute Gasteiger partial charge is 0.374 e. The molecule has 0 amide bonds. The summed E-state index contributed by atoms with van der Waals surface area (Å²) in [6, 6.07) is 8.82. The summed E-state index contributed by atoms with van der Waals surface area (Å²) in [5.74, 6) is 0.888. The molecule has 1 aliphatic carbocycles. The highest BCUT2D eigenvalue weighted by molar-refractivity contribution is 5.22. The van der Waals surface area contributed by atoms with Crippen LogP contribution in [0.15, 0.2) is 24.3 Å². The maximum Gasteiger partial charge on any atom is 0.0720 e. The Labute approximate surface area is 130 Å². The number of rotatable bonds is 5. The maximum absolute atomic E-state index is 6.06. The minimum absolute atomic E-state index is 0.167. The fourth-order valence-electron chi connectivity index (χ4n) is 2.73. The Kier molecular flexibility index (Phi) is 5.83. The van der Waals surface area contributed by atoms with Gasteiger partial charge in [-0.3, -0.25) is 0 Å². The van der Waals surface area contributed by atoms with Crippen LogP contribution in [-0.2, 0) is 17.9 Å². The van der Waals surface area contributed by atoms with Crippen LogP contribution in [-0.4, -0.2) is 11.6 Å². The van der Waals surface area contributed by atoms with E-state index < -0.39 is 0 Å². The molecule has 0 heterocycles. The van der Waals surface area contributed by atoms with E-state index in [4.69, 9.17) is 4.74 Å². The van der Waals surface area contributed by atoms with Crippen LogP contribution in [0.2, 0.25) is 0 Å². The third kappa shape index (κ3) is 6.19. The minimum Gasteiger partial charge on any atom is -0.374 e. The van der Waals surface area contributed by atoms with Crippen LogP contribution >= 0.6 is 0 Å². The van der Waals surface area contributed by atoms with Gasteiger partial charge in [0.25, 0.3) is 0 Å². The molecule has 21 heavy (non-hydrogen) atoms. The Bertz CT molecular complexity index is 410. The van der Waals surface area contributed by atoms with Gasteiger partial charge >= 0.3 is 0 Å². The van der Waals surface area contributed by atoms with E-state index >= 15 is 0 Å². The third-order valence-corrected chi connectivity index (χ3v) is 4.29. The van der Waals surface area contributed by atoms with E-state index in [1.165, 1.54) is 36.8 Å². The summed E-state index contributed by atoms with van der Waals surface area (Å²) < 4.78 is 6.06. The summed E-state index contributed by atoms with van der Waals surface area (Å²) >= 11 is 0. The van der Waals surface area contributed by atoms with Crippen LogP contribution in [0, 0.1) is 5.92 Å². The zero-order valence-electron chi connectivity index (χ0n) is 14.1. The second-order valence-electron chi connectivity index (χ2n) is 7.61. The van der Waals surface area contributed by atoms with E-state index in [0.29, 0.717) is 6.10 Å². The molecule has 0 saturated heterocycles. The Morgan fingerprint density at radius 1 is 1.00 bits per heavy atom. The molecule has 0 radical (unpaired) electrons. The average molecular weight is 289 g/mol. The lowest BCUT2D eigenvalue weighted by atomic mass is 9.89. The molecule has 0 atom stereocenters. The van der Waals surface area contributed by atoms with Crippen LogP contribution < -0.4 is 5.32 Å². The molecule has 0 bridgehead atoms. The van der Waals surface area contributed by atoms with Gasteiger partial charge in [-0.1, -0.05) is 31.2 Å². The van der Waals surface area contributed by atoms with Crippen LogP contribution in [0.1, 0.15) is 64.5 Å². The van der Waals surface area contributed by atoms with Crippen molar-refractivity contribution in [3.8, 4) is 0 Å². The van der Waals surface area contributed by atoms with Crippen LogP contribution in [0.5, 0.6) is 0 Å². The first-order chi connectivity index (χ1) is 9.92. The number of ether oxygens (including phenoxy) is 1. The van der Waals surface area contributed by atoms with E-state index in [2.05, 4.69) is 57.3 Å². The van der Waals surface area contributed by atoms with Gasteiger partial charge in [-0.15, -0.1) is 0 Å². The second kappa shape index (κ2) is 7.42. The van der Waals surface area contributed by atoms with E-state index in [1.807, 2.05) is 0 Å². The Morgan fingerprint density at radius 3 is 2.14 bits per heavy atom. The molecule has 0 aliphatic heterocycles. The molecule has 1 aliphatic rings. The molecule has 0 spiro atoms. The molecule has 2 nitrogen and oxygen atoms in total. The first-order valence-electron chi connectivity index (χ1n) is 8.37. The predicted octanol–water partition coefficient (Wildman–Crippen LogP) is 4.67. The van der Waals surface area contributed by atoms with Crippen LogP contribution in [0.4, 0.5) is 0 Å². The van der Waals surface area contributed by atoms with Crippen LogP contribution in [0.25, 0.3) is 0 Å². The van der Waals surface area contributed by atoms with Crippen molar-refractivity contribution < 1.29 is 4.74 Å². The van der Waals surface area contributed by atoms with E-state index in [0.717, 1.165) is 19.1 Å². The predicted molar refractivity (Wildman–Crippen MR) is 89.2 cm³/mol. The highest BCUT2D eigenvalue weighted by atomic mass is 16.5. The summed E-state index contributed by atoms with van der Waals surface area (Å²) in [5, 5.41) is 3.51. The van der Waals surface area contributed by atoms with Gasteiger partial charge in [-0.05, 0) is 63.5 Å². The molecule has 118 valence electrons. The van der Waals surface area contributed by atoms with Crippen LogP contribution in [0.3, 0.4) is 0 Å². The Hall–Kier alpha value is -0.860. The average Bonchev–Trinajstić information content (AvgIpc) is 2.45. The number of benzene rings is 1. The van der Waals surface area contributed by atoms with Gasteiger partial charge in [0.2, 0.25) is 0 Å². The normalized spacial score (nSPS) is 23.2. The van der Waals surface area contributed by atoms with Gasteiger partial charge in [0.1, 0.15) is 0 Å². The SMILES string of the molecule is CC1CCC(OCc2ccc(CNC(C)(C)C)cc2)CC1. The van der Waals surface area contributed by atoms with Crippen molar-refractivity contribution in [2.45, 2.75) is 78.2 Å². The molecule has 2 heteroatoms. The van der Waals surface area contributed by atoms with Crippen molar-refractivity contribution in [3.05, 3.63) is 35.4 Å². The third-order valence-electron chi connectivity index (χ3n) is 4.29. The number of hydrogen-bond acceptors (Lipinski definition) is 2. The second-order valence-corrected chi connectivity index (χ2v) is 7.61. The smallest absolute Gasteiger partial charge is 0.0720 e. The zero-order valence-corrected chi connectivity index (χ0v) is 14.1. The summed E-state index contributed by atoms with van der Waals surface area (Å²) in [7, 11) is 0. The van der Waals surface area contributed by atoms with Crippen molar-refractivity contribution >= 4 is 0 Å². The molecule has 1 N–H and O–H groups in total. The first kappa shape index (κ1) is 16.5. The van der Waals surface area contributed by atoms with E-state index in [1.54, 1.807) is 0 Å². The molecule has 1 saturated carbocycles. The quantitative estimate of drug-likeness (QED) is 0.850. The minimum atomic E-state index is 0.167. The van der Waals surface area contributed by atoms with Gasteiger partial charge in [0.05, 0.1) is 12.7 Å². The summed E-state index contributed by atoms with van der Waals surface area (Å²) in [4.78, 5) is 0. The van der Waals surface area contributed by atoms with Crippen molar-refractivity contribution in [2.75, 3.05) is 0 Å². The lowest BCUT2D eigenvalue weighted by molar-refractivity contribution is 0.00877. The standard InChI is InChI=1S/C19H31NO/c1-15-5-11-18(12-6-15)21-14-17-9-7-16(8-10-17)13-20-19(2,3)4/h7-10,15,18,20H,5-6,11-14H2,1-4H3. The maximum atomic E-state index is 6.06. The van der Waals surface area contributed by atoms with Gasteiger partial charge in [-0.2, -0.15) is 0 Å². The molecule has 1 aromatic carbocycles. The highest BCUT2D eigenvalue weighted by Gasteiger charge is 2.18. The zero-order chi connectivity index (χ0) is 15.3. The summed E-state index contributed by atoms with van der Waals surface area (Å²) in [6.45, 7) is 10.6. The Balaban J connectivity index is 1.74. The number of hydrogen-bond donors (Lipinski definition) is 1. The van der Waals surface area contributed by atoms with Crippen molar-refractivity contribution in [1.82, 2.24) is 5.32 Å². The molecule has 0 unspecified atom stereocenters. The molecular formula is C19H31NO. The van der Waals surface area contributed by atoms with E-state index in [-0.39, 0.29) is 5.54 Å². The monoisotopic (exact) mass is 289 g/mol. The molecule has 2 rings (SSSR count). The van der Waals surface area contributed by atoms with Crippen molar-refractivity contribution in [1.29, 1.82) is 0 Å². The molecule has 1 aromatic rings. The van der Waals surface area contributed by atoms with Crippen molar-refractivity contribution in [3.63, 3.8) is 0 Å². The first-order valence-corrected chi connectivity index (χ1v) is 8.37. The Morgan fingerprint density at radius 2 is 1.57 bits per heavy atom. The molecular weight excluding hydrogens is 258 g/mol. The lowest BCUT2D eigenvalue weighted by Gasteiger charge is -2.26. The summed E-state index contributed by atoms with van der Waals surface area (Å²) in [6.07, 6.45) is 5.58. The molecule has 0 aromatic heterocycles. The fourth-order valence-corrected chi connectivity index (χ4v) is 2.73. The lowest BCUT2D eigenvalue weighted by Crippen LogP contribution is -2.35. The fraction of sp³-hybridized carbons (Fsp3) is 0.684. The number of nitrogens with one attached hydrogen (secondary N) is 1. The van der Waals surface area contributed by atoms with Gasteiger partial charge in [-0.25, -0.2) is 0 Å². The van der Waals surface area contributed by atoms with Crippen molar-refractivity contribution in [2.24, 2.45) is 5.92 Å². The molecule has 1 fully saturated rings. The van der Waals surface area contributed by atoms with Gasteiger partial charge in [0, 0.05) is 12.1 Å². The summed E-state index contributed by atoms with van der Waals surface area (Å²) in [5.41, 5.74) is 2.79. The van der Waals surface area contributed by atoms with Gasteiger partial charge < -0.3 is 10.1 Å².